The van der Waals surface area contributed by atoms with Gasteiger partial charge in [-0.2, -0.15) is 0 Å². The van der Waals surface area contributed by atoms with Gasteiger partial charge in [-0.05, 0) is 37.2 Å². The van der Waals surface area contributed by atoms with E-state index < -0.39 is 0 Å². The molecule has 0 fully saturated rings. The van der Waals surface area contributed by atoms with Crippen molar-refractivity contribution in [2.45, 2.75) is 26.2 Å². The fraction of sp³-hybridized carbons (Fsp3) is 0.562. The SMILES string of the molecule is COc1ccc(CC(=O)NCCN(C)C)cc1C(C)C. The van der Waals surface area contributed by atoms with Crippen molar-refractivity contribution in [1.29, 1.82) is 0 Å². The lowest BCUT2D eigenvalue weighted by Crippen LogP contribution is -2.32. The highest BCUT2D eigenvalue weighted by atomic mass is 16.5. The second kappa shape index (κ2) is 7.90. The van der Waals surface area contributed by atoms with E-state index in [-0.39, 0.29) is 5.91 Å². The lowest BCUT2D eigenvalue weighted by Gasteiger charge is -2.14. The van der Waals surface area contributed by atoms with E-state index in [2.05, 4.69) is 25.2 Å². The Morgan fingerprint density at radius 1 is 1.35 bits per heavy atom. The van der Waals surface area contributed by atoms with Crippen molar-refractivity contribution in [2.75, 3.05) is 34.3 Å². The van der Waals surface area contributed by atoms with E-state index in [0.717, 1.165) is 23.4 Å². The highest BCUT2D eigenvalue weighted by molar-refractivity contribution is 5.78. The number of amides is 1. The van der Waals surface area contributed by atoms with E-state index in [1.807, 2.05) is 31.1 Å². The highest BCUT2D eigenvalue weighted by Gasteiger charge is 2.10. The molecule has 0 heterocycles. The Kier molecular flexibility index (Phi) is 6.52. The third-order valence-electron chi connectivity index (χ3n) is 3.16. The topological polar surface area (TPSA) is 41.6 Å². The Balaban J connectivity index is 2.64. The summed E-state index contributed by atoms with van der Waals surface area (Å²) in [6, 6.07) is 5.96. The molecule has 4 nitrogen and oxygen atoms in total. The van der Waals surface area contributed by atoms with E-state index in [4.69, 9.17) is 4.74 Å². The van der Waals surface area contributed by atoms with Gasteiger partial charge in [0, 0.05) is 13.1 Å². The van der Waals surface area contributed by atoms with Crippen molar-refractivity contribution in [2.24, 2.45) is 0 Å². The molecule has 0 atom stereocenters. The molecule has 1 aromatic rings. The van der Waals surface area contributed by atoms with E-state index in [1.165, 1.54) is 0 Å². The summed E-state index contributed by atoms with van der Waals surface area (Å²) in [5.74, 6) is 1.32. The molecule has 20 heavy (non-hydrogen) atoms. The molecule has 0 unspecified atom stereocenters. The molecule has 0 radical (unpaired) electrons. The summed E-state index contributed by atoms with van der Waals surface area (Å²) < 4.78 is 5.35. The zero-order valence-electron chi connectivity index (χ0n) is 13.2. The van der Waals surface area contributed by atoms with Gasteiger partial charge in [-0.25, -0.2) is 0 Å². The van der Waals surface area contributed by atoms with Gasteiger partial charge in [-0.3, -0.25) is 4.79 Å². The summed E-state index contributed by atoms with van der Waals surface area (Å²) >= 11 is 0. The Morgan fingerprint density at radius 3 is 2.60 bits per heavy atom. The standard InChI is InChI=1S/C16H26N2O2/c1-12(2)14-10-13(6-7-15(14)20-5)11-16(19)17-8-9-18(3)4/h6-7,10,12H,8-9,11H2,1-5H3,(H,17,19). The first-order chi connectivity index (χ1) is 9.43. The third kappa shape index (κ3) is 5.21. The molecule has 112 valence electrons. The van der Waals surface area contributed by atoms with Crippen molar-refractivity contribution in [1.82, 2.24) is 10.2 Å². The van der Waals surface area contributed by atoms with E-state index in [0.29, 0.717) is 18.9 Å². The fourth-order valence-corrected chi connectivity index (χ4v) is 2.01. The first-order valence-corrected chi connectivity index (χ1v) is 7.02. The Bertz CT molecular complexity index is 442. The van der Waals surface area contributed by atoms with Gasteiger partial charge in [0.2, 0.25) is 5.91 Å². The Hall–Kier alpha value is -1.55. The Labute approximate surface area is 122 Å². The Morgan fingerprint density at radius 2 is 2.05 bits per heavy atom. The first kappa shape index (κ1) is 16.5. The summed E-state index contributed by atoms with van der Waals surface area (Å²) in [6.45, 7) is 5.78. The van der Waals surface area contributed by atoms with Gasteiger partial charge in [0.1, 0.15) is 5.75 Å². The molecule has 0 saturated heterocycles. The summed E-state index contributed by atoms with van der Waals surface area (Å²) in [5.41, 5.74) is 2.17. The van der Waals surface area contributed by atoms with Crippen LogP contribution >= 0.6 is 0 Å². The average Bonchev–Trinajstić information content (AvgIpc) is 2.38. The summed E-state index contributed by atoms with van der Waals surface area (Å²) in [5, 5.41) is 2.93. The number of rotatable bonds is 7. The predicted octanol–water partition coefficient (Wildman–Crippen LogP) is 2.04. The normalized spacial score (nSPS) is 10.9. The molecular weight excluding hydrogens is 252 g/mol. The predicted molar refractivity (Wildman–Crippen MR) is 82.4 cm³/mol. The summed E-state index contributed by atoms with van der Waals surface area (Å²) in [6.07, 6.45) is 0.414. The van der Waals surface area contributed by atoms with Gasteiger partial charge < -0.3 is 15.0 Å². The number of hydrogen-bond donors (Lipinski definition) is 1. The van der Waals surface area contributed by atoms with Gasteiger partial charge in [0.25, 0.3) is 0 Å². The monoisotopic (exact) mass is 278 g/mol. The highest BCUT2D eigenvalue weighted by Crippen LogP contribution is 2.27. The molecule has 0 spiro atoms. The smallest absolute Gasteiger partial charge is 0.224 e. The second-order valence-electron chi connectivity index (χ2n) is 5.56. The molecule has 0 aliphatic rings. The maximum atomic E-state index is 11.9. The van der Waals surface area contributed by atoms with Crippen LogP contribution in [0, 0.1) is 0 Å². The van der Waals surface area contributed by atoms with Crippen molar-refractivity contribution < 1.29 is 9.53 Å². The molecule has 0 aliphatic carbocycles. The number of nitrogens with zero attached hydrogens (tertiary/aromatic N) is 1. The van der Waals surface area contributed by atoms with Gasteiger partial charge in [0.05, 0.1) is 13.5 Å². The molecule has 0 saturated carbocycles. The minimum atomic E-state index is 0.0618. The number of carbonyl (C=O) groups is 1. The molecule has 0 bridgehead atoms. The zero-order valence-corrected chi connectivity index (χ0v) is 13.2. The van der Waals surface area contributed by atoms with Gasteiger partial charge in [-0.1, -0.05) is 26.0 Å². The van der Waals surface area contributed by atoms with Crippen LogP contribution in [0.15, 0.2) is 18.2 Å². The number of carbonyl (C=O) groups excluding carboxylic acids is 1. The molecule has 0 aliphatic heterocycles. The van der Waals surface area contributed by atoms with Gasteiger partial charge >= 0.3 is 0 Å². The fourth-order valence-electron chi connectivity index (χ4n) is 2.01. The van der Waals surface area contributed by atoms with Crippen LogP contribution in [0.25, 0.3) is 0 Å². The number of likely N-dealkylation sites (N-methyl/N-ethyl adjacent to an activating group) is 1. The zero-order chi connectivity index (χ0) is 15.1. The van der Waals surface area contributed by atoms with Crippen LogP contribution in [-0.2, 0) is 11.2 Å². The van der Waals surface area contributed by atoms with Crippen LogP contribution in [0.4, 0.5) is 0 Å². The second-order valence-corrected chi connectivity index (χ2v) is 5.56. The number of nitrogens with one attached hydrogen (secondary N) is 1. The molecule has 0 aromatic heterocycles. The van der Waals surface area contributed by atoms with Crippen molar-refractivity contribution in [3.63, 3.8) is 0 Å². The largest absolute Gasteiger partial charge is 0.496 e. The quantitative estimate of drug-likeness (QED) is 0.830. The lowest BCUT2D eigenvalue weighted by atomic mass is 9.98. The molecule has 1 aromatic carbocycles. The third-order valence-corrected chi connectivity index (χ3v) is 3.16. The van der Waals surface area contributed by atoms with Crippen LogP contribution in [0.5, 0.6) is 5.75 Å². The van der Waals surface area contributed by atoms with E-state index >= 15 is 0 Å². The molecule has 1 N–H and O–H groups in total. The van der Waals surface area contributed by atoms with Crippen molar-refractivity contribution in [3.05, 3.63) is 29.3 Å². The molecule has 1 amide bonds. The van der Waals surface area contributed by atoms with Gasteiger partial charge in [0.15, 0.2) is 0 Å². The van der Waals surface area contributed by atoms with E-state index in [1.54, 1.807) is 7.11 Å². The number of benzene rings is 1. The van der Waals surface area contributed by atoms with Crippen molar-refractivity contribution >= 4 is 5.91 Å². The van der Waals surface area contributed by atoms with Crippen LogP contribution < -0.4 is 10.1 Å². The van der Waals surface area contributed by atoms with Crippen LogP contribution in [0.2, 0.25) is 0 Å². The molecule has 4 heteroatoms. The number of methoxy groups -OCH3 is 1. The summed E-state index contributed by atoms with van der Waals surface area (Å²) in [7, 11) is 5.66. The molecular formula is C16H26N2O2. The number of ether oxygens (including phenoxy) is 1. The minimum absolute atomic E-state index is 0.0618. The maximum absolute atomic E-state index is 11.9. The minimum Gasteiger partial charge on any atom is -0.496 e. The van der Waals surface area contributed by atoms with Crippen LogP contribution in [0.1, 0.15) is 30.9 Å². The first-order valence-electron chi connectivity index (χ1n) is 7.02. The summed E-state index contributed by atoms with van der Waals surface area (Å²) in [4.78, 5) is 13.9. The van der Waals surface area contributed by atoms with Gasteiger partial charge in [-0.15, -0.1) is 0 Å². The maximum Gasteiger partial charge on any atom is 0.224 e. The lowest BCUT2D eigenvalue weighted by molar-refractivity contribution is -0.120. The van der Waals surface area contributed by atoms with Crippen molar-refractivity contribution in [3.8, 4) is 5.75 Å². The average molecular weight is 278 g/mol. The van der Waals surface area contributed by atoms with E-state index in [9.17, 15) is 4.79 Å². The van der Waals surface area contributed by atoms with Crippen LogP contribution in [-0.4, -0.2) is 45.1 Å². The van der Waals surface area contributed by atoms with Crippen LogP contribution in [0.3, 0.4) is 0 Å². The number of hydrogen-bond acceptors (Lipinski definition) is 3. The molecule has 1 rings (SSSR count).